The average Bonchev–Trinajstić information content (AvgIpc) is 2.76. The zero-order valence-electron chi connectivity index (χ0n) is 10.3. The van der Waals surface area contributed by atoms with Gasteiger partial charge in [-0.2, -0.15) is 13.2 Å². The number of rotatable bonds is 1. The predicted molar refractivity (Wildman–Crippen MR) is 66.5 cm³/mol. The molecule has 0 amide bonds. The van der Waals surface area contributed by atoms with Crippen LogP contribution in [0.25, 0.3) is 0 Å². The van der Waals surface area contributed by atoms with Crippen molar-refractivity contribution in [1.82, 2.24) is 4.98 Å². The van der Waals surface area contributed by atoms with E-state index in [1.54, 1.807) is 24.5 Å². The van der Waals surface area contributed by atoms with E-state index in [0.717, 1.165) is 17.7 Å². The first-order chi connectivity index (χ1) is 9.47. The summed E-state index contributed by atoms with van der Waals surface area (Å²) in [6.07, 6.45) is -1.04. The zero-order chi connectivity index (χ0) is 14.3. The van der Waals surface area contributed by atoms with Crippen LogP contribution < -0.4 is 0 Å². The SMILES string of the molecule is O=C1CC(c2ccncc2)c2cc(C(F)(F)F)ccc21. The van der Waals surface area contributed by atoms with Gasteiger partial charge in [0.2, 0.25) is 0 Å². The van der Waals surface area contributed by atoms with Crippen LogP contribution in [0.4, 0.5) is 13.2 Å². The van der Waals surface area contributed by atoms with Gasteiger partial charge in [0.1, 0.15) is 0 Å². The first-order valence-electron chi connectivity index (χ1n) is 6.11. The van der Waals surface area contributed by atoms with Crippen LogP contribution in [0.1, 0.15) is 39.4 Å². The lowest BCUT2D eigenvalue weighted by molar-refractivity contribution is -0.137. The third kappa shape index (κ3) is 2.09. The Balaban J connectivity index is 2.11. The van der Waals surface area contributed by atoms with Crippen molar-refractivity contribution in [2.45, 2.75) is 18.5 Å². The van der Waals surface area contributed by atoms with E-state index in [9.17, 15) is 18.0 Å². The van der Waals surface area contributed by atoms with Gasteiger partial charge in [0, 0.05) is 30.3 Å². The quantitative estimate of drug-likeness (QED) is 0.793. The molecule has 5 heteroatoms. The minimum Gasteiger partial charge on any atom is -0.294 e. The number of pyridine rings is 1. The van der Waals surface area contributed by atoms with Gasteiger partial charge in [-0.25, -0.2) is 0 Å². The maximum absolute atomic E-state index is 12.8. The molecule has 0 fully saturated rings. The van der Waals surface area contributed by atoms with Crippen LogP contribution in [0.3, 0.4) is 0 Å². The van der Waals surface area contributed by atoms with Crippen LogP contribution in [0.15, 0.2) is 42.7 Å². The smallest absolute Gasteiger partial charge is 0.294 e. The monoisotopic (exact) mass is 277 g/mol. The van der Waals surface area contributed by atoms with Gasteiger partial charge >= 0.3 is 6.18 Å². The molecule has 2 aromatic rings. The largest absolute Gasteiger partial charge is 0.416 e. The van der Waals surface area contributed by atoms with Crippen LogP contribution in [0.5, 0.6) is 0 Å². The third-order valence-corrected chi connectivity index (χ3v) is 3.55. The highest BCUT2D eigenvalue weighted by atomic mass is 19.4. The summed E-state index contributed by atoms with van der Waals surface area (Å²) in [6, 6.07) is 6.79. The number of carbonyl (C=O) groups is 1. The molecule has 1 atom stereocenters. The highest BCUT2D eigenvalue weighted by molar-refractivity contribution is 6.02. The van der Waals surface area contributed by atoms with Gasteiger partial charge in [-0.3, -0.25) is 9.78 Å². The van der Waals surface area contributed by atoms with Crippen molar-refractivity contribution < 1.29 is 18.0 Å². The number of alkyl halides is 3. The lowest BCUT2D eigenvalue weighted by Crippen LogP contribution is -2.06. The fraction of sp³-hybridized carbons (Fsp3) is 0.200. The number of hydrogen-bond acceptors (Lipinski definition) is 2. The number of benzene rings is 1. The topological polar surface area (TPSA) is 30.0 Å². The van der Waals surface area contributed by atoms with Crippen molar-refractivity contribution in [3.8, 4) is 0 Å². The highest BCUT2D eigenvalue weighted by Gasteiger charge is 2.36. The molecule has 0 bridgehead atoms. The number of ketones is 1. The van der Waals surface area contributed by atoms with E-state index in [-0.39, 0.29) is 18.1 Å². The fourth-order valence-electron chi connectivity index (χ4n) is 2.58. The standard InChI is InChI=1S/C15H10F3NO/c16-15(17,18)10-1-2-11-13(7-10)12(8-14(11)20)9-3-5-19-6-4-9/h1-7,12H,8H2. The van der Waals surface area contributed by atoms with Gasteiger partial charge in [0.25, 0.3) is 0 Å². The van der Waals surface area contributed by atoms with Gasteiger partial charge in [-0.1, -0.05) is 6.07 Å². The van der Waals surface area contributed by atoms with Gasteiger partial charge in [-0.15, -0.1) is 0 Å². The molecule has 1 aliphatic rings. The molecule has 0 radical (unpaired) electrons. The Bertz CT molecular complexity index is 665. The number of Topliss-reactive ketones (excluding diaryl/α,β-unsaturated/α-hetero) is 1. The van der Waals surface area contributed by atoms with E-state index < -0.39 is 11.7 Å². The van der Waals surface area contributed by atoms with E-state index >= 15 is 0 Å². The van der Waals surface area contributed by atoms with Gasteiger partial charge in [0.15, 0.2) is 5.78 Å². The van der Waals surface area contributed by atoms with Crippen LogP contribution in [0.2, 0.25) is 0 Å². The zero-order valence-corrected chi connectivity index (χ0v) is 10.3. The second-order valence-corrected chi connectivity index (χ2v) is 4.76. The number of aromatic nitrogens is 1. The first-order valence-corrected chi connectivity index (χ1v) is 6.11. The molecule has 102 valence electrons. The number of halogens is 3. The molecular formula is C15H10F3NO. The summed E-state index contributed by atoms with van der Waals surface area (Å²) in [7, 11) is 0. The molecule has 1 heterocycles. The lowest BCUT2D eigenvalue weighted by atomic mass is 9.93. The van der Waals surface area contributed by atoms with Gasteiger partial charge in [0.05, 0.1) is 5.56 Å². The van der Waals surface area contributed by atoms with Crippen molar-refractivity contribution in [2.75, 3.05) is 0 Å². The highest BCUT2D eigenvalue weighted by Crippen LogP contribution is 2.40. The Morgan fingerprint density at radius 2 is 1.80 bits per heavy atom. The molecule has 1 unspecified atom stereocenters. The Hall–Kier alpha value is -2.17. The summed E-state index contributed by atoms with van der Waals surface area (Å²) in [5, 5.41) is 0. The molecule has 0 saturated heterocycles. The Morgan fingerprint density at radius 1 is 1.10 bits per heavy atom. The molecule has 0 saturated carbocycles. The van der Waals surface area contributed by atoms with Crippen LogP contribution in [0, 0.1) is 0 Å². The van der Waals surface area contributed by atoms with Crippen LogP contribution >= 0.6 is 0 Å². The van der Waals surface area contributed by atoms with Crippen molar-refractivity contribution in [1.29, 1.82) is 0 Å². The van der Waals surface area contributed by atoms with E-state index in [1.165, 1.54) is 6.07 Å². The second-order valence-electron chi connectivity index (χ2n) is 4.76. The van der Waals surface area contributed by atoms with Crippen LogP contribution in [-0.2, 0) is 6.18 Å². The van der Waals surface area contributed by atoms with E-state index in [2.05, 4.69) is 4.98 Å². The van der Waals surface area contributed by atoms with Crippen LogP contribution in [-0.4, -0.2) is 10.8 Å². The second kappa shape index (κ2) is 4.44. The molecular weight excluding hydrogens is 267 g/mol. The minimum atomic E-state index is -4.40. The molecule has 0 spiro atoms. The van der Waals surface area contributed by atoms with Gasteiger partial charge in [-0.05, 0) is 35.4 Å². The van der Waals surface area contributed by atoms with Gasteiger partial charge < -0.3 is 0 Å². The summed E-state index contributed by atoms with van der Waals surface area (Å²) >= 11 is 0. The number of nitrogens with zero attached hydrogens (tertiary/aromatic N) is 1. The minimum absolute atomic E-state index is 0.115. The van der Waals surface area contributed by atoms with E-state index in [0.29, 0.717) is 11.1 Å². The number of hydrogen-bond donors (Lipinski definition) is 0. The van der Waals surface area contributed by atoms with Crippen molar-refractivity contribution in [3.63, 3.8) is 0 Å². The normalized spacial score (nSPS) is 18.1. The summed E-state index contributed by atoms with van der Waals surface area (Å²) < 4.78 is 38.4. The van der Waals surface area contributed by atoms with Crippen molar-refractivity contribution in [2.24, 2.45) is 0 Å². The molecule has 1 aromatic heterocycles. The van der Waals surface area contributed by atoms with E-state index in [4.69, 9.17) is 0 Å². The summed E-state index contributed by atoms with van der Waals surface area (Å²) in [6.45, 7) is 0. The molecule has 0 aliphatic heterocycles. The molecule has 1 aliphatic carbocycles. The number of fused-ring (bicyclic) bond motifs is 1. The summed E-state index contributed by atoms with van der Waals surface area (Å²) in [4.78, 5) is 15.8. The lowest BCUT2D eigenvalue weighted by Gasteiger charge is -2.13. The Labute approximate surface area is 113 Å². The fourth-order valence-corrected chi connectivity index (χ4v) is 2.58. The molecule has 2 nitrogen and oxygen atoms in total. The summed E-state index contributed by atoms with van der Waals surface area (Å²) in [5.41, 5.74) is 0.937. The molecule has 1 aromatic carbocycles. The average molecular weight is 277 g/mol. The molecule has 20 heavy (non-hydrogen) atoms. The molecule has 3 rings (SSSR count). The van der Waals surface area contributed by atoms with E-state index in [1.807, 2.05) is 0 Å². The Kier molecular flexibility index (Phi) is 2.85. The maximum Gasteiger partial charge on any atom is 0.416 e. The van der Waals surface area contributed by atoms with Crippen molar-refractivity contribution >= 4 is 5.78 Å². The maximum atomic E-state index is 12.8. The number of carbonyl (C=O) groups excluding carboxylic acids is 1. The predicted octanol–water partition coefficient (Wildman–Crippen LogP) is 3.82. The first kappa shape index (κ1) is 12.8. The third-order valence-electron chi connectivity index (χ3n) is 3.55. The Morgan fingerprint density at radius 3 is 2.45 bits per heavy atom. The summed E-state index contributed by atoms with van der Waals surface area (Å²) in [5.74, 6) is -0.432. The van der Waals surface area contributed by atoms with Crippen molar-refractivity contribution in [3.05, 3.63) is 65.0 Å². The molecule has 0 N–H and O–H groups in total.